The Labute approximate surface area is 91.4 Å². The average molecular weight is 207 g/mol. The van der Waals surface area contributed by atoms with Crippen molar-refractivity contribution in [2.75, 3.05) is 6.54 Å². The van der Waals surface area contributed by atoms with E-state index in [2.05, 4.69) is 10.2 Å². The van der Waals surface area contributed by atoms with Gasteiger partial charge < -0.3 is 5.73 Å². The number of aromatic nitrogens is 2. The second kappa shape index (κ2) is 5.31. The third kappa shape index (κ3) is 2.59. The topological polar surface area (TPSA) is 54.7 Å². The largest absolute Gasteiger partial charge is 0.330 e. The van der Waals surface area contributed by atoms with Gasteiger partial charge in [-0.1, -0.05) is 19.3 Å². The van der Waals surface area contributed by atoms with Crippen LogP contribution >= 0.6 is 0 Å². The number of H-pyrrole nitrogens is 1. The van der Waals surface area contributed by atoms with Crippen molar-refractivity contribution in [2.45, 2.75) is 50.9 Å². The fourth-order valence-electron chi connectivity index (χ4n) is 2.57. The molecule has 0 bridgehead atoms. The zero-order valence-corrected chi connectivity index (χ0v) is 9.34. The van der Waals surface area contributed by atoms with Crippen LogP contribution in [0.5, 0.6) is 0 Å². The summed E-state index contributed by atoms with van der Waals surface area (Å²) in [7, 11) is 0. The van der Waals surface area contributed by atoms with Gasteiger partial charge >= 0.3 is 0 Å². The van der Waals surface area contributed by atoms with Crippen LogP contribution in [0.1, 0.15) is 55.7 Å². The van der Waals surface area contributed by atoms with Gasteiger partial charge in [-0.05, 0) is 43.7 Å². The monoisotopic (exact) mass is 207 g/mol. The van der Waals surface area contributed by atoms with Gasteiger partial charge in [0.1, 0.15) is 0 Å². The molecule has 0 saturated heterocycles. The van der Waals surface area contributed by atoms with E-state index in [4.69, 9.17) is 5.73 Å². The van der Waals surface area contributed by atoms with Crippen LogP contribution in [0.25, 0.3) is 0 Å². The number of hydrogen-bond donors (Lipinski definition) is 2. The highest BCUT2D eigenvalue weighted by molar-refractivity contribution is 5.22. The zero-order valence-electron chi connectivity index (χ0n) is 9.34. The minimum atomic E-state index is 0.755. The van der Waals surface area contributed by atoms with Crippen molar-refractivity contribution in [3.05, 3.63) is 17.5 Å². The molecule has 84 valence electrons. The summed E-state index contributed by atoms with van der Waals surface area (Å²) in [6.45, 7) is 0.767. The van der Waals surface area contributed by atoms with Gasteiger partial charge in [0.05, 0.1) is 6.20 Å². The highest BCUT2D eigenvalue weighted by atomic mass is 15.1. The molecule has 0 radical (unpaired) electrons. The van der Waals surface area contributed by atoms with E-state index >= 15 is 0 Å². The molecule has 1 aliphatic carbocycles. The van der Waals surface area contributed by atoms with Crippen LogP contribution in [-0.4, -0.2) is 16.7 Å². The first kappa shape index (κ1) is 10.7. The van der Waals surface area contributed by atoms with Crippen molar-refractivity contribution in [3.8, 4) is 0 Å². The predicted molar refractivity (Wildman–Crippen MR) is 61.8 cm³/mol. The van der Waals surface area contributed by atoms with Gasteiger partial charge in [0.2, 0.25) is 0 Å². The van der Waals surface area contributed by atoms with Crippen LogP contribution in [0, 0.1) is 0 Å². The van der Waals surface area contributed by atoms with E-state index in [0.717, 1.165) is 25.3 Å². The quantitative estimate of drug-likeness (QED) is 0.796. The first-order chi connectivity index (χ1) is 7.42. The molecule has 0 unspecified atom stereocenters. The zero-order chi connectivity index (χ0) is 10.5. The number of aryl methyl sites for hydroxylation is 1. The van der Waals surface area contributed by atoms with Crippen molar-refractivity contribution in [2.24, 2.45) is 5.73 Å². The van der Waals surface area contributed by atoms with Crippen molar-refractivity contribution in [3.63, 3.8) is 0 Å². The van der Waals surface area contributed by atoms with Crippen LogP contribution in [0.4, 0.5) is 0 Å². The summed E-state index contributed by atoms with van der Waals surface area (Å²) in [5.74, 6) is 0.755. The Hall–Kier alpha value is -0.830. The highest BCUT2D eigenvalue weighted by Gasteiger charge is 2.19. The van der Waals surface area contributed by atoms with Crippen molar-refractivity contribution in [1.29, 1.82) is 0 Å². The Balaban J connectivity index is 2.02. The molecule has 0 amide bonds. The lowest BCUT2D eigenvalue weighted by Gasteiger charge is -2.21. The third-order valence-electron chi connectivity index (χ3n) is 3.43. The van der Waals surface area contributed by atoms with E-state index in [1.807, 2.05) is 6.20 Å². The molecule has 15 heavy (non-hydrogen) atoms. The number of nitrogens with one attached hydrogen (secondary N) is 1. The molecule has 0 atom stereocenters. The molecule has 3 nitrogen and oxygen atoms in total. The van der Waals surface area contributed by atoms with E-state index in [1.54, 1.807) is 0 Å². The summed E-state index contributed by atoms with van der Waals surface area (Å²) in [5, 5.41) is 7.32. The van der Waals surface area contributed by atoms with Crippen molar-refractivity contribution < 1.29 is 0 Å². The number of hydrogen-bond acceptors (Lipinski definition) is 2. The maximum absolute atomic E-state index is 5.54. The van der Waals surface area contributed by atoms with Gasteiger partial charge in [-0.25, -0.2) is 0 Å². The molecule has 1 heterocycles. The summed E-state index contributed by atoms with van der Waals surface area (Å²) >= 11 is 0. The van der Waals surface area contributed by atoms with E-state index in [9.17, 15) is 0 Å². The Morgan fingerprint density at radius 2 is 2.13 bits per heavy atom. The Kier molecular flexibility index (Phi) is 3.78. The van der Waals surface area contributed by atoms with E-state index in [-0.39, 0.29) is 0 Å². The van der Waals surface area contributed by atoms with Gasteiger partial charge in [0, 0.05) is 5.69 Å². The number of nitrogens with zero attached hydrogens (tertiary/aromatic N) is 1. The van der Waals surface area contributed by atoms with Crippen LogP contribution in [0.15, 0.2) is 6.20 Å². The molecular weight excluding hydrogens is 186 g/mol. The number of aromatic amines is 1. The molecule has 1 fully saturated rings. The Morgan fingerprint density at radius 1 is 1.33 bits per heavy atom. The molecule has 1 aliphatic rings. The Morgan fingerprint density at radius 3 is 2.87 bits per heavy atom. The summed E-state index contributed by atoms with van der Waals surface area (Å²) in [5.41, 5.74) is 8.33. The Bertz CT molecular complexity index is 287. The van der Waals surface area contributed by atoms with Crippen LogP contribution in [-0.2, 0) is 6.42 Å². The highest BCUT2D eigenvalue weighted by Crippen LogP contribution is 2.33. The molecule has 0 aliphatic heterocycles. The number of nitrogens with two attached hydrogens (primary N) is 1. The smallest absolute Gasteiger partial charge is 0.0524 e. The van der Waals surface area contributed by atoms with Crippen molar-refractivity contribution in [1.82, 2.24) is 10.2 Å². The maximum Gasteiger partial charge on any atom is 0.0524 e. The SMILES string of the molecule is NCCCc1[nH]ncc1C1CCCCC1. The van der Waals surface area contributed by atoms with Gasteiger partial charge in [-0.3, -0.25) is 5.10 Å². The fourth-order valence-corrected chi connectivity index (χ4v) is 2.57. The average Bonchev–Trinajstić information content (AvgIpc) is 2.75. The van der Waals surface area contributed by atoms with Gasteiger partial charge in [0.25, 0.3) is 0 Å². The summed E-state index contributed by atoms with van der Waals surface area (Å²) in [6, 6.07) is 0. The predicted octanol–water partition coefficient (Wildman–Crippen LogP) is 2.35. The minimum Gasteiger partial charge on any atom is -0.330 e. The maximum atomic E-state index is 5.54. The van der Waals surface area contributed by atoms with Crippen molar-refractivity contribution >= 4 is 0 Å². The first-order valence-corrected chi connectivity index (χ1v) is 6.14. The van der Waals surface area contributed by atoms with E-state index in [1.165, 1.54) is 43.4 Å². The van der Waals surface area contributed by atoms with Gasteiger partial charge in [0.15, 0.2) is 0 Å². The van der Waals surface area contributed by atoms with Crippen LogP contribution in [0.2, 0.25) is 0 Å². The lowest BCUT2D eigenvalue weighted by atomic mass is 9.84. The molecule has 3 N–H and O–H groups in total. The molecule has 0 aromatic carbocycles. The lowest BCUT2D eigenvalue weighted by molar-refractivity contribution is 0.441. The third-order valence-corrected chi connectivity index (χ3v) is 3.43. The minimum absolute atomic E-state index is 0.755. The molecule has 2 rings (SSSR count). The second-order valence-corrected chi connectivity index (χ2v) is 4.53. The van der Waals surface area contributed by atoms with Gasteiger partial charge in [-0.2, -0.15) is 5.10 Å². The molecule has 1 saturated carbocycles. The summed E-state index contributed by atoms with van der Waals surface area (Å²) in [4.78, 5) is 0. The molecule has 3 heteroatoms. The van der Waals surface area contributed by atoms with E-state index < -0.39 is 0 Å². The standard InChI is InChI=1S/C12H21N3/c13-8-4-7-12-11(9-14-15-12)10-5-2-1-3-6-10/h9-10H,1-8,13H2,(H,14,15). The molecule has 1 aromatic rings. The second-order valence-electron chi connectivity index (χ2n) is 4.53. The first-order valence-electron chi connectivity index (χ1n) is 6.14. The van der Waals surface area contributed by atoms with Gasteiger partial charge in [-0.15, -0.1) is 0 Å². The molecule has 1 aromatic heterocycles. The number of rotatable bonds is 4. The fraction of sp³-hybridized carbons (Fsp3) is 0.750. The van der Waals surface area contributed by atoms with E-state index in [0.29, 0.717) is 0 Å². The normalized spacial score (nSPS) is 18.2. The van der Waals surface area contributed by atoms with Crippen LogP contribution < -0.4 is 5.73 Å². The molecule has 0 spiro atoms. The van der Waals surface area contributed by atoms with Crippen LogP contribution in [0.3, 0.4) is 0 Å². The lowest BCUT2D eigenvalue weighted by Crippen LogP contribution is -2.07. The molecular formula is C12H21N3. The summed E-state index contributed by atoms with van der Waals surface area (Å²) in [6.07, 6.45) is 11.0. The summed E-state index contributed by atoms with van der Waals surface area (Å²) < 4.78 is 0.